The Morgan fingerprint density at radius 3 is 2.94 bits per heavy atom. The van der Waals surface area contributed by atoms with Crippen LogP contribution in [0.2, 0.25) is 0 Å². The van der Waals surface area contributed by atoms with E-state index in [0.29, 0.717) is 25.1 Å². The van der Waals surface area contributed by atoms with Gasteiger partial charge in [-0.2, -0.15) is 0 Å². The van der Waals surface area contributed by atoms with E-state index in [-0.39, 0.29) is 11.7 Å². The molecule has 0 atom stereocenters. The first kappa shape index (κ1) is 13.1. The van der Waals surface area contributed by atoms with Gasteiger partial charge in [0, 0.05) is 30.0 Å². The maximum Gasteiger partial charge on any atom is 0.224 e. The van der Waals surface area contributed by atoms with Crippen molar-refractivity contribution < 1.29 is 9.59 Å². The third-order valence-corrected chi connectivity index (χ3v) is 3.36. The second kappa shape index (κ2) is 6.01. The molecule has 1 aromatic rings. The van der Waals surface area contributed by atoms with Crippen molar-refractivity contribution in [3.63, 3.8) is 0 Å². The smallest absolute Gasteiger partial charge is 0.224 e. The number of rotatable bonds is 4. The quantitative estimate of drug-likeness (QED) is 0.671. The van der Waals surface area contributed by atoms with Crippen LogP contribution in [0.4, 0.5) is 5.69 Å². The molecule has 0 spiro atoms. The van der Waals surface area contributed by atoms with Crippen molar-refractivity contribution in [1.29, 1.82) is 0 Å². The molecule has 0 aromatic heterocycles. The Balaban J connectivity index is 2.18. The molecule has 0 fully saturated rings. The van der Waals surface area contributed by atoms with Gasteiger partial charge >= 0.3 is 0 Å². The van der Waals surface area contributed by atoms with Gasteiger partial charge in [0.1, 0.15) is 0 Å². The predicted octanol–water partition coefficient (Wildman–Crippen LogP) is 3.16. The summed E-state index contributed by atoms with van der Waals surface area (Å²) < 4.78 is 0. The second-order valence-corrected chi connectivity index (χ2v) is 4.87. The minimum atomic E-state index is 0.0509. The van der Waals surface area contributed by atoms with E-state index in [1.165, 1.54) is 0 Å². The van der Waals surface area contributed by atoms with Crippen LogP contribution in [0.25, 0.3) is 0 Å². The van der Waals surface area contributed by atoms with Crippen molar-refractivity contribution >= 4 is 29.0 Å². The van der Waals surface area contributed by atoms with E-state index >= 15 is 0 Å². The number of hydrogen-bond donors (Lipinski definition) is 1. The third kappa shape index (κ3) is 3.10. The van der Waals surface area contributed by atoms with Crippen LogP contribution in [0.1, 0.15) is 41.6 Å². The fourth-order valence-electron chi connectivity index (χ4n) is 2.12. The Kier molecular flexibility index (Phi) is 4.37. The summed E-state index contributed by atoms with van der Waals surface area (Å²) in [7, 11) is 0. The molecule has 0 unspecified atom stereocenters. The molecule has 1 heterocycles. The van der Waals surface area contributed by atoms with Crippen molar-refractivity contribution in [1.82, 2.24) is 0 Å². The minimum absolute atomic E-state index is 0.0509. The SMILES string of the molecule is O=C1CCCc2cc(C(=O)CCCCl)ccc2N1. The molecule has 0 radical (unpaired) electrons. The molecule has 1 aliphatic heterocycles. The van der Waals surface area contributed by atoms with Crippen LogP contribution in [0.3, 0.4) is 0 Å². The zero-order chi connectivity index (χ0) is 13.0. The fourth-order valence-corrected chi connectivity index (χ4v) is 2.25. The fraction of sp³-hybridized carbons (Fsp3) is 0.429. The van der Waals surface area contributed by atoms with Gasteiger partial charge in [0.2, 0.25) is 5.91 Å². The highest BCUT2D eigenvalue weighted by atomic mass is 35.5. The molecular weight excluding hydrogens is 250 g/mol. The summed E-state index contributed by atoms with van der Waals surface area (Å²) in [5.41, 5.74) is 2.61. The molecule has 2 rings (SSSR count). The molecule has 1 aromatic carbocycles. The molecule has 1 amide bonds. The van der Waals surface area contributed by atoms with Crippen molar-refractivity contribution in [3.8, 4) is 0 Å². The molecule has 0 aliphatic carbocycles. The third-order valence-electron chi connectivity index (χ3n) is 3.09. The summed E-state index contributed by atoms with van der Waals surface area (Å²) in [6.07, 6.45) is 3.40. The number of fused-ring (bicyclic) bond motifs is 1. The highest BCUT2D eigenvalue weighted by Crippen LogP contribution is 2.24. The topological polar surface area (TPSA) is 46.2 Å². The van der Waals surface area contributed by atoms with Crippen LogP contribution in [0, 0.1) is 0 Å². The molecule has 4 heteroatoms. The van der Waals surface area contributed by atoms with Gasteiger partial charge in [0.05, 0.1) is 0 Å². The van der Waals surface area contributed by atoms with E-state index in [1.54, 1.807) is 6.07 Å². The number of Topliss-reactive ketones (excluding diaryl/α,β-unsaturated/α-hetero) is 1. The molecular formula is C14H16ClNO2. The standard InChI is InChI=1S/C14H16ClNO2/c15-8-2-4-13(17)11-6-7-12-10(9-11)3-1-5-14(18)16-12/h6-7,9H,1-5,8H2,(H,16,18). The van der Waals surface area contributed by atoms with E-state index in [1.807, 2.05) is 12.1 Å². The number of carbonyl (C=O) groups excluding carboxylic acids is 2. The van der Waals surface area contributed by atoms with Crippen LogP contribution in [0.15, 0.2) is 18.2 Å². The van der Waals surface area contributed by atoms with Gasteiger partial charge in [-0.1, -0.05) is 0 Å². The van der Waals surface area contributed by atoms with Crippen LogP contribution < -0.4 is 5.32 Å². The first-order valence-electron chi connectivity index (χ1n) is 6.22. The molecule has 96 valence electrons. The number of alkyl halides is 1. The molecule has 1 aliphatic rings. The molecule has 0 saturated carbocycles. The number of amides is 1. The maximum atomic E-state index is 11.9. The van der Waals surface area contributed by atoms with E-state index in [2.05, 4.69) is 5.32 Å². The number of benzene rings is 1. The van der Waals surface area contributed by atoms with Gasteiger partial charge in [-0.15, -0.1) is 11.6 Å². The number of hydrogen-bond acceptors (Lipinski definition) is 2. The van der Waals surface area contributed by atoms with E-state index < -0.39 is 0 Å². The lowest BCUT2D eigenvalue weighted by atomic mass is 10.0. The van der Waals surface area contributed by atoms with Crippen molar-refractivity contribution in [2.45, 2.75) is 32.1 Å². The van der Waals surface area contributed by atoms with Gasteiger partial charge in [-0.25, -0.2) is 0 Å². The Morgan fingerprint density at radius 1 is 1.33 bits per heavy atom. The zero-order valence-electron chi connectivity index (χ0n) is 10.2. The van der Waals surface area contributed by atoms with E-state index in [4.69, 9.17) is 11.6 Å². The summed E-state index contributed by atoms with van der Waals surface area (Å²) in [4.78, 5) is 23.3. The van der Waals surface area contributed by atoms with Crippen molar-refractivity contribution in [3.05, 3.63) is 29.3 Å². The van der Waals surface area contributed by atoms with Gasteiger partial charge in [0.15, 0.2) is 5.78 Å². The summed E-state index contributed by atoms with van der Waals surface area (Å²) in [5, 5.41) is 2.86. The normalized spacial score (nSPS) is 14.6. The van der Waals surface area contributed by atoms with E-state index in [9.17, 15) is 9.59 Å². The van der Waals surface area contributed by atoms with Crippen molar-refractivity contribution in [2.75, 3.05) is 11.2 Å². The number of nitrogens with one attached hydrogen (secondary N) is 1. The van der Waals surface area contributed by atoms with Crippen molar-refractivity contribution in [2.24, 2.45) is 0 Å². The van der Waals surface area contributed by atoms with E-state index in [0.717, 1.165) is 29.7 Å². The number of halogens is 1. The number of anilines is 1. The summed E-state index contributed by atoms with van der Waals surface area (Å²) in [6.45, 7) is 0. The first-order valence-corrected chi connectivity index (χ1v) is 6.76. The highest BCUT2D eigenvalue weighted by molar-refractivity contribution is 6.18. The predicted molar refractivity (Wildman–Crippen MR) is 72.3 cm³/mol. The van der Waals surface area contributed by atoms with Gasteiger partial charge in [-0.3, -0.25) is 9.59 Å². The average Bonchev–Trinajstić information content (AvgIpc) is 2.55. The lowest BCUT2D eigenvalue weighted by Gasteiger charge is -2.08. The van der Waals surface area contributed by atoms with Crippen LogP contribution in [0.5, 0.6) is 0 Å². The number of carbonyl (C=O) groups is 2. The largest absolute Gasteiger partial charge is 0.326 e. The number of ketones is 1. The Morgan fingerprint density at radius 2 is 2.17 bits per heavy atom. The maximum absolute atomic E-state index is 11.9. The minimum Gasteiger partial charge on any atom is -0.326 e. The van der Waals surface area contributed by atoms with Gasteiger partial charge in [0.25, 0.3) is 0 Å². The molecule has 0 saturated heterocycles. The second-order valence-electron chi connectivity index (χ2n) is 4.49. The lowest BCUT2D eigenvalue weighted by molar-refractivity contribution is -0.116. The van der Waals surface area contributed by atoms with Gasteiger partial charge < -0.3 is 5.32 Å². The van der Waals surface area contributed by atoms with Crippen LogP contribution in [-0.2, 0) is 11.2 Å². The molecule has 1 N–H and O–H groups in total. The molecule has 18 heavy (non-hydrogen) atoms. The van der Waals surface area contributed by atoms with Gasteiger partial charge in [-0.05, 0) is 43.0 Å². The zero-order valence-corrected chi connectivity index (χ0v) is 10.9. The Hall–Kier alpha value is -1.35. The van der Waals surface area contributed by atoms with Crippen LogP contribution >= 0.6 is 11.6 Å². The molecule has 0 bridgehead atoms. The lowest BCUT2D eigenvalue weighted by Crippen LogP contribution is -2.09. The summed E-state index contributed by atoms with van der Waals surface area (Å²) in [6, 6.07) is 5.50. The summed E-state index contributed by atoms with van der Waals surface area (Å²) in [5.74, 6) is 0.677. The Labute approximate surface area is 112 Å². The monoisotopic (exact) mass is 265 g/mol. The molecule has 3 nitrogen and oxygen atoms in total. The van der Waals surface area contributed by atoms with Crippen LogP contribution in [-0.4, -0.2) is 17.6 Å². The average molecular weight is 266 g/mol. The summed E-state index contributed by atoms with van der Waals surface area (Å²) >= 11 is 5.59. The number of aryl methyl sites for hydroxylation is 1. The first-order chi connectivity index (χ1) is 8.70. The highest BCUT2D eigenvalue weighted by Gasteiger charge is 2.14. The Bertz CT molecular complexity index is 471.